The van der Waals surface area contributed by atoms with E-state index in [2.05, 4.69) is 6.92 Å². The van der Waals surface area contributed by atoms with Gasteiger partial charge in [0.2, 0.25) is 0 Å². The summed E-state index contributed by atoms with van der Waals surface area (Å²) in [5.41, 5.74) is 1.95. The Hall–Kier alpha value is -1.42. The van der Waals surface area contributed by atoms with Gasteiger partial charge in [-0.05, 0) is 31.2 Å². The number of nitro groups is 1. The molecule has 0 unspecified atom stereocenters. The lowest BCUT2D eigenvalue weighted by molar-refractivity contribution is -0.385. The Kier molecular flexibility index (Phi) is 7.11. The van der Waals surface area contributed by atoms with Crippen LogP contribution in [0.2, 0.25) is 0 Å². The van der Waals surface area contributed by atoms with Gasteiger partial charge in [-0.15, -0.1) is 0 Å². The number of aliphatic hydroxyl groups excluding tert-OH is 1. The standard InChI is InChI=1S/C15H23NO3/c1-2-3-4-5-7-13-9-10-14(8-6-11-17)15(12-13)16(18)19/h9-10,12,17H,2-8,11H2,1H3. The Morgan fingerprint density at radius 1 is 1.16 bits per heavy atom. The van der Waals surface area contributed by atoms with E-state index in [9.17, 15) is 10.1 Å². The van der Waals surface area contributed by atoms with E-state index in [-0.39, 0.29) is 17.2 Å². The highest BCUT2D eigenvalue weighted by molar-refractivity contribution is 5.43. The highest BCUT2D eigenvalue weighted by Gasteiger charge is 2.13. The van der Waals surface area contributed by atoms with Crippen molar-refractivity contribution >= 4 is 5.69 Å². The van der Waals surface area contributed by atoms with Gasteiger partial charge in [0.1, 0.15) is 0 Å². The van der Waals surface area contributed by atoms with Crippen molar-refractivity contribution in [1.82, 2.24) is 0 Å². The van der Waals surface area contributed by atoms with Crippen molar-refractivity contribution < 1.29 is 10.0 Å². The molecule has 0 spiro atoms. The molecule has 1 aromatic carbocycles. The molecule has 0 amide bonds. The fraction of sp³-hybridized carbons (Fsp3) is 0.600. The Morgan fingerprint density at radius 3 is 2.58 bits per heavy atom. The Morgan fingerprint density at radius 2 is 1.95 bits per heavy atom. The summed E-state index contributed by atoms with van der Waals surface area (Å²) >= 11 is 0. The minimum absolute atomic E-state index is 0.0654. The van der Waals surface area contributed by atoms with Crippen molar-refractivity contribution in [3.8, 4) is 0 Å². The van der Waals surface area contributed by atoms with Gasteiger partial charge in [-0.3, -0.25) is 10.1 Å². The topological polar surface area (TPSA) is 63.4 Å². The monoisotopic (exact) mass is 265 g/mol. The van der Waals surface area contributed by atoms with Gasteiger partial charge in [-0.1, -0.05) is 38.3 Å². The normalized spacial score (nSPS) is 10.6. The maximum absolute atomic E-state index is 11.1. The summed E-state index contributed by atoms with van der Waals surface area (Å²) in [4.78, 5) is 10.7. The summed E-state index contributed by atoms with van der Waals surface area (Å²) in [5, 5.41) is 19.9. The highest BCUT2D eigenvalue weighted by atomic mass is 16.6. The number of rotatable bonds is 9. The van der Waals surface area contributed by atoms with Crippen LogP contribution in [0.4, 0.5) is 5.69 Å². The summed E-state index contributed by atoms with van der Waals surface area (Å²) in [6.07, 6.45) is 6.70. The van der Waals surface area contributed by atoms with E-state index < -0.39 is 0 Å². The van der Waals surface area contributed by atoms with Crippen LogP contribution in [0.3, 0.4) is 0 Å². The fourth-order valence-electron chi connectivity index (χ4n) is 2.17. The van der Waals surface area contributed by atoms with E-state index in [1.54, 1.807) is 6.07 Å². The van der Waals surface area contributed by atoms with Gasteiger partial charge >= 0.3 is 0 Å². The van der Waals surface area contributed by atoms with Crippen molar-refractivity contribution in [3.63, 3.8) is 0 Å². The predicted octanol–water partition coefficient (Wildman–Crippen LogP) is 3.64. The maximum atomic E-state index is 11.1. The molecule has 1 rings (SSSR count). The second kappa shape index (κ2) is 8.64. The van der Waals surface area contributed by atoms with E-state index in [0.29, 0.717) is 12.8 Å². The average Bonchev–Trinajstić information content (AvgIpc) is 2.41. The third-order valence-corrected chi connectivity index (χ3v) is 3.27. The first-order valence-electron chi connectivity index (χ1n) is 7.06. The number of unbranched alkanes of at least 4 members (excludes halogenated alkanes) is 3. The zero-order chi connectivity index (χ0) is 14.1. The van der Waals surface area contributed by atoms with Crippen molar-refractivity contribution in [2.75, 3.05) is 6.61 Å². The summed E-state index contributed by atoms with van der Waals surface area (Å²) in [6, 6.07) is 5.51. The molecule has 0 heterocycles. The second-order valence-electron chi connectivity index (χ2n) is 4.86. The van der Waals surface area contributed by atoms with Crippen LogP contribution in [0.15, 0.2) is 18.2 Å². The summed E-state index contributed by atoms with van der Waals surface area (Å²) in [6.45, 7) is 2.23. The van der Waals surface area contributed by atoms with Gasteiger partial charge in [0.15, 0.2) is 0 Å². The molecule has 0 saturated heterocycles. The number of nitrogens with zero attached hydrogens (tertiary/aromatic N) is 1. The summed E-state index contributed by atoms with van der Waals surface area (Å²) < 4.78 is 0. The van der Waals surface area contributed by atoms with Gasteiger partial charge < -0.3 is 5.11 Å². The molecule has 0 aliphatic rings. The average molecular weight is 265 g/mol. The van der Waals surface area contributed by atoms with Crippen LogP contribution in [0.25, 0.3) is 0 Å². The van der Waals surface area contributed by atoms with Crippen LogP contribution in [-0.4, -0.2) is 16.6 Å². The zero-order valence-corrected chi connectivity index (χ0v) is 11.6. The van der Waals surface area contributed by atoms with Crippen LogP contribution < -0.4 is 0 Å². The number of benzene rings is 1. The Labute approximate surface area is 114 Å². The SMILES string of the molecule is CCCCCCc1ccc(CCCO)c([N+](=O)[O-])c1. The van der Waals surface area contributed by atoms with Crippen LogP contribution in [0, 0.1) is 10.1 Å². The lowest BCUT2D eigenvalue weighted by Crippen LogP contribution is -1.99. The minimum atomic E-state index is -0.317. The van der Waals surface area contributed by atoms with Crippen molar-refractivity contribution in [2.24, 2.45) is 0 Å². The van der Waals surface area contributed by atoms with Crippen LogP contribution in [0.1, 0.15) is 50.2 Å². The molecule has 106 valence electrons. The molecule has 0 aliphatic heterocycles. The zero-order valence-electron chi connectivity index (χ0n) is 11.6. The summed E-state index contributed by atoms with van der Waals surface area (Å²) in [5.74, 6) is 0. The van der Waals surface area contributed by atoms with Crippen LogP contribution in [0.5, 0.6) is 0 Å². The van der Waals surface area contributed by atoms with Crippen LogP contribution >= 0.6 is 0 Å². The molecule has 0 atom stereocenters. The van der Waals surface area contributed by atoms with Gasteiger partial charge in [0, 0.05) is 18.2 Å². The van der Waals surface area contributed by atoms with Crippen molar-refractivity contribution in [2.45, 2.75) is 51.9 Å². The molecule has 0 radical (unpaired) electrons. The van der Waals surface area contributed by atoms with E-state index in [0.717, 1.165) is 24.0 Å². The molecule has 0 aromatic heterocycles. The third kappa shape index (κ3) is 5.39. The first kappa shape index (κ1) is 15.6. The molecule has 4 nitrogen and oxygen atoms in total. The number of aliphatic hydroxyl groups is 1. The number of hydrogen-bond donors (Lipinski definition) is 1. The number of hydrogen-bond acceptors (Lipinski definition) is 3. The van der Waals surface area contributed by atoms with Gasteiger partial charge in [-0.25, -0.2) is 0 Å². The van der Waals surface area contributed by atoms with Crippen molar-refractivity contribution in [1.29, 1.82) is 0 Å². The van der Waals surface area contributed by atoms with Crippen molar-refractivity contribution in [3.05, 3.63) is 39.4 Å². The molecular weight excluding hydrogens is 242 g/mol. The molecule has 1 N–H and O–H groups in total. The second-order valence-corrected chi connectivity index (χ2v) is 4.86. The molecule has 19 heavy (non-hydrogen) atoms. The maximum Gasteiger partial charge on any atom is 0.272 e. The highest BCUT2D eigenvalue weighted by Crippen LogP contribution is 2.23. The molecule has 1 aromatic rings. The smallest absolute Gasteiger partial charge is 0.272 e. The first-order valence-corrected chi connectivity index (χ1v) is 7.06. The molecule has 0 aliphatic carbocycles. The largest absolute Gasteiger partial charge is 0.396 e. The van der Waals surface area contributed by atoms with Crippen LogP contribution in [-0.2, 0) is 12.8 Å². The molecule has 0 saturated carbocycles. The predicted molar refractivity (Wildman–Crippen MR) is 76.3 cm³/mol. The van der Waals surface area contributed by atoms with Gasteiger partial charge in [-0.2, -0.15) is 0 Å². The lowest BCUT2D eigenvalue weighted by Gasteiger charge is -2.05. The molecule has 0 fully saturated rings. The van der Waals surface area contributed by atoms with Gasteiger partial charge in [0.05, 0.1) is 4.92 Å². The Balaban J connectivity index is 2.69. The minimum Gasteiger partial charge on any atom is -0.396 e. The summed E-state index contributed by atoms with van der Waals surface area (Å²) in [7, 11) is 0. The van der Waals surface area contributed by atoms with E-state index in [1.165, 1.54) is 19.3 Å². The number of nitro benzene ring substituents is 1. The van der Waals surface area contributed by atoms with E-state index >= 15 is 0 Å². The molecular formula is C15H23NO3. The quantitative estimate of drug-likeness (QED) is 0.421. The third-order valence-electron chi connectivity index (χ3n) is 3.27. The first-order chi connectivity index (χ1) is 9.19. The fourth-order valence-corrected chi connectivity index (χ4v) is 2.17. The Bertz CT molecular complexity index is 404. The van der Waals surface area contributed by atoms with E-state index in [4.69, 9.17) is 5.11 Å². The lowest BCUT2D eigenvalue weighted by atomic mass is 10.0. The molecule has 0 bridgehead atoms. The molecule has 4 heteroatoms. The van der Waals surface area contributed by atoms with E-state index in [1.807, 2.05) is 12.1 Å². The van der Waals surface area contributed by atoms with Gasteiger partial charge in [0.25, 0.3) is 5.69 Å². The number of aryl methyl sites for hydroxylation is 2.